The number of benzene rings is 2. The maximum atomic E-state index is 10.4. The third kappa shape index (κ3) is 2.73. The summed E-state index contributed by atoms with van der Waals surface area (Å²) >= 11 is 0. The van der Waals surface area contributed by atoms with Gasteiger partial charge in [-0.15, -0.1) is 0 Å². The molecule has 3 rings (SSSR count). The van der Waals surface area contributed by atoms with E-state index < -0.39 is 12.2 Å². The van der Waals surface area contributed by atoms with Crippen LogP contribution in [-0.4, -0.2) is 30.0 Å². The monoisotopic (exact) mass is 288 g/mol. The summed E-state index contributed by atoms with van der Waals surface area (Å²) in [6.45, 7) is 0.241. The Bertz CT molecular complexity index is 623. The summed E-state index contributed by atoms with van der Waals surface area (Å²) in [6, 6.07) is 11.8. The van der Waals surface area contributed by atoms with Gasteiger partial charge in [0.2, 0.25) is 0 Å². The van der Waals surface area contributed by atoms with Gasteiger partial charge >= 0.3 is 0 Å². The molecule has 0 saturated heterocycles. The Morgan fingerprint density at radius 2 is 1.81 bits per heavy atom. The van der Waals surface area contributed by atoms with Crippen molar-refractivity contribution in [3.63, 3.8) is 0 Å². The van der Waals surface area contributed by atoms with Crippen LogP contribution in [0, 0.1) is 0 Å². The summed E-state index contributed by atoms with van der Waals surface area (Å²) in [7, 11) is 1.60. The molecule has 1 heterocycles. The van der Waals surface area contributed by atoms with E-state index in [0.717, 1.165) is 5.75 Å². The van der Waals surface area contributed by atoms with E-state index in [0.29, 0.717) is 17.1 Å². The molecule has 0 fully saturated rings. The third-order valence-corrected chi connectivity index (χ3v) is 3.41. The van der Waals surface area contributed by atoms with Crippen molar-refractivity contribution in [1.82, 2.24) is 0 Å². The first-order valence-electron chi connectivity index (χ1n) is 6.62. The molecule has 0 radical (unpaired) electrons. The van der Waals surface area contributed by atoms with Crippen molar-refractivity contribution in [2.24, 2.45) is 0 Å². The van der Waals surface area contributed by atoms with Gasteiger partial charge in [0.05, 0.1) is 7.11 Å². The molecule has 21 heavy (non-hydrogen) atoms. The first-order chi connectivity index (χ1) is 10.2. The lowest BCUT2D eigenvalue weighted by Gasteiger charge is -2.30. The van der Waals surface area contributed by atoms with Gasteiger partial charge in [0.15, 0.2) is 6.10 Å². The Hall–Kier alpha value is -2.40. The van der Waals surface area contributed by atoms with Crippen LogP contribution < -0.4 is 14.2 Å². The molecule has 1 aliphatic rings. The number of phenolic OH excluding ortho intramolecular Hbond substituents is 1. The zero-order valence-electron chi connectivity index (χ0n) is 11.5. The van der Waals surface area contributed by atoms with Gasteiger partial charge in [-0.05, 0) is 42.5 Å². The highest BCUT2D eigenvalue weighted by Crippen LogP contribution is 2.36. The zero-order valence-corrected chi connectivity index (χ0v) is 11.5. The molecule has 110 valence electrons. The van der Waals surface area contributed by atoms with Gasteiger partial charge in [-0.1, -0.05) is 0 Å². The van der Waals surface area contributed by atoms with Crippen LogP contribution in [0.4, 0.5) is 0 Å². The van der Waals surface area contributed by atoms with E-state index in [2.05, 4.69) is 0 Å². The van der Waals surface area contributed by atoms with E-state index in [1.807, 2.05) is 0 Å². The predicted molar refractivity (Wildman–Crippen MR) is 76.0 cm³/mol. The summed E-state index contributed by atoms with van der Waals surface area (Å²) in [5.41, 5.74) is 0.528. The van der Waals surface area contributed by atoms with E-state index in [1.54, 1.807) is 37.4 Å². The number of hydrogen-bond acceptors (Lipinski definition) is 5. The summed E-state index contributed by atoms with van der Waals surface area (Å²) < 4.78 is 16.4. The van der Waals surface area contributed by atoms with Gasteiger partial charge in [0.1, 0.15) is 35.7 Å². The zero-order chi connectivity index (χ0) is 14.8. The van der Waals surface area contributed by atoms with Crippen molar-refractivity contribution in [2.45, 2.75) is 12.2 Å². The first kappa shape index (κ1) is 13.6. The molecule has 1 aliphatic heterocycles. The largest absolute Gasteiger partial charge is 0.508 e. The molecule has 2 N–H and O–H groups in total. The second-order valence-electron chi connectivity index (χ2n) is 4.81. The van der Waals surface area contributed by atoms with Gasteiger partial charge in [-0.2, -0.15) is 0 Å². The lowest BCUT2D eigenvalue weighted by atomic mass is 10.0. The maximum Gasteiger partial charge on any atom is 0.163 e. The minimum atomic E-state index is -0.858. The van der Waals surface area contributed by atoms with Crippen molar-refractivity contribution < 1.29 is 24.4 Å². The number of rotatable bonds is 3. The average Bonchev–Trinajstić information content (AvgIpc) is 2.51. The molecule has 0 saturated carbocycles. The molecule has 5 nitrogen and oxygen atoms in total. The SMILES string of the molecule is COc1ccc(OC2COc3ccc(O)cc3C2O)cc1. The minimum absolute atomic E-state index is 0.0847. The van der Waals surface area contributed by atoms with Crippen molar-refractivity contribution in [1.29, 1.82) is 0 Å². The standard InChI is InChI=1S/C16H16O5/c1-19-11-3-5-12(6-4-11)21-15-9-20-14-7-2-10(17)8-13(14)16(15)18/h2-8,15-18H,9H2,1H3. The van der Waals surface area contributed by atoms with Crippen LogP contribution in [0.5, 0.6) is 23.0 Å². The number of ether oxygens (including phenoxy) is 3. The lowest BCUT2D eigenvalue weighted by molar-refractivity contribution is -0.0104. The van der Waals surface area contributed by atoms with Crippen molar-refractivity contribution >= 4 is 0 Å². The van der Waals surface area contributed by atoms with Crippen molar-refractivity contribution in [3.05, 3.63) is 48.0 Å². The Morgan fingerprint density at radius 1 is 1.10 bits per heavy atom. The molecule has 0 bridgehead atoms. The fraction of sp³-hybridized carbons (Fsp3) is 0.250. The van der Waals surface area contributed by atoms with E-state index >= 15 is 0 Å². The van der Waals surface area contributed by atoms with Crippen LogP contribution in [0.3, 0.4) is 0 Å². The van der Waals surface area contributed by atoms with Crippen LogP contribution in [0.25, 0.3) is 0 Å². The molecule has 0 spiro atoms. The molecular formula is C16H16O5. The topological polar surface area (TPSA) is 68.2 Å². The summed E-state index contributed by atoms with van der Waals surface area (Å²) in [6.07, 6.45) is -1.39. The third-order valence-electron chi connectivity index (χ3n) is 3.41. The quantitative estimate of drug-likeness (QED) is 0.907. The second-order valence-corrected chi connectivity index (χ2v) is 4.81. The number of hydrogen-bond donors (Lipinski definition) is 2. The van der Waals surface area contributed by atoms with Gasteiger partial charge in [0, 0.05) is 5.56 Å². The average molecular weight is 288 g/mol. The molecule has 0 amide bonds. The number of phenols is 1. The summed E-state index contributed by atoms with van der Waals surface area (Å²) in [5.74, 6) is 2.00. The molecule has 2 aromatic carbocycles. The summed E-state index contributed by atoms with van der Waals surface area (Å²) in [5, 5.41) is 19.9. The minimum Gasteiger partial charge on any atom is -0.508 e. The smallest absolute Gasteiger partial charge is 0.163 e. The fourth-order valence-electron chi connectivity index (χ4n) is 2.29. The molecule has 2 aromatic rings. The summed E-state index contributed by atoms with van der Waals surface area (Å²) in [4.78, 5) is 0. The second kappa shape index (κ2) is 5.54. The Kier molecular flexibility index (Phi) is 3.58. The van der Waals surface area contributed by atoms with Crippen LogP contribution in [0.15, 0.2) is 42.5 Å². The number of aliphatic hydroxyl groups excluding tert-OH is 1. The highest BCUT2D eigenvalue weighted by atomic mass is 16.5. The van der Waals surface area contributed by atoms with Crippen molar-refractivity contribution in [2.75, 3.05) is 13.7 Å². The van der Waals surface area contributed by atoms with Gasteiger partial charge in [-0.3, -0.25) is 0 Å². The number of aliphatic hydroxyl groups is 1. The number of methoxy groups -OCH3 is 1. The van der Waals surface area contributed by atoms with Gasteiger partial charge in [0.25, 0.3) is 0 Å². The Morgan fingerprint density at radius 3 is 2.52 bits per heavy atom. The van der Waals surface area contributed by atoms with Crippen LogP contribution >= 0.6 is 0 Å². The molecule has 5 heteroatoms. The van der Waals surface area contributed by atoms with Gasteiger partial charge < -0.3 is 24.4 Å². The first-order valence-corrected chi connectivity index (χ1v) is 6.62. The van der Waals surface area contributed by atoms with E-state index in [9.17, 15) is 10.2 Å². The highest BCUT2D eigenvalue weighted by Gasteiger charge is 2.31. The Balaban J connectivity index is 1.77. The molecular weight excluding hydrogens is 272 g/mol. The molecule has 2 unspecified atom stereocenters. The van der Waals surface area contributed by atoms with Crippen molar-refractivity contribution in [3.8, 4) is 23.0 Å². The van der Waals surface area contributed by atoms with Crippen LogP contribution in [0.1, 0.15) is 11.7 Å². The Labute approximate surface area is 122 Å². The van der Waals surface area contributed by atoms with E-state index in [-0.39, 0.29) is 12.4 Å². The maximum absolute atomic E-state index is 10.4. The fourth-order valence-corrected chi connectivity index (χ4v) is 2.29. The van der Waals surface area contributed by atoms with E-state index in [4.69, 9.17) is 14.2 Å². The van der Waals surface area contributed by atoms with E-state index in [1.165, 1.54) is 12.1 Å². The molecule has 0 aromatic heterocycles. The lowest BCUT2D eigenvalue weighted by Crippen LogP contribution is -2.35. The molecule has 2 atom stereocenters. The normalized spacial score (nSPS) is 20.3. The highest BCUT2D eigenvalue weighted by molar-refractivity contribution is 5.43. The van der Waals surface area contributed by atoms with Gasteiger partial charge in [-0.25, -0.2) is 0 Å². The predicted octanol–water partition coefficient (Wildman–Crippen LogP) is 2.27. The van der Waals surface area contributed by atoms with Crippen LogP contribution in [-0.2, 0) is 0 Å². The number of aromatic hydroxyl groups is 1. The number of fused-ring (bicyclic) bond motifs is 1. The van der Waals surface area contributed by atoms with Crippen LogP contribution in [0.2, 0.25) is 0 Å². The molecule has 0 aliphatic carbocycles.